The summed E-state index contributed by atoms with van der Waals surface area (Å²) in [5.74, 6) is 0.509. The van der Waals surface area contributed by atoms with Crippen LogP contribution in [-0.4, -0.2) is 24.2 Å². The van der Waals surface area contributed by atoms with Crippen molar-refractivity contribution in [1.29, 1.82) is 0 Å². The Morgan fingerprint density at radius 1 is 1.08 bits per heavy atom. The Kier molecular flexibility index (Phi) is 4.62. The molecule has 0 saturated carbocycles. The SMILES string of the molecule is FC(F)(F)C1(c2cc(Cl)c(Cl)c(Cl)c2)CCN(c2ccccn2)C1. The van der Waals surface area contributed by atoms with Crippen LogP contribution in [0.4, 0.5) is 19.0 Å². The van der Waals surface area contributed by atoms with Crippen molar-refractivity contribution in [3.63, 3.8) is 0 Å². The molecule has 2 aromatic rings. The molecule has 2 nitrogen and oxygen atoms in total. The number of nitrogens with zero attached hydrogens (tertiary/aromatic N) is 2. The fraction of sp³-hybridized carbons (Fsp3) is 0.312. The van der Waals surface area contributed by atoms with E-state index < -0.39 is 11.6 Å². The molecule has 24 heavy (non-hydrogen) atoms. The molecule has 1 saturated heterocycles. The molecule has 3 rings (SSSR count). The molecule has 128 valence electrons. The summed E-state index contributed by atoms with van der Waals surface area (Å²) in [4.78, 5) is 5.75. The van der Waals surface area contributed by atoms with Crippen molar-refractivity contribution >= 4 is 40.6 Å². The van der Waals surface area contributed by atoms with Crippen molar-refractivity contribution in [3.8, 4) is 0 Å². The summed E-state index contributed by atoms with van der Waals surface area (Å²) >= 11 is 17.8. The quantitative estimate of drug-likeness (QED) is 0.602. The largest absolute Gasteiger partial charge is 0.400 e. The lowest BCUT2D eigenvalue weighted by Crippen LogP contribution is -2.45. The van der Waals surface area contributed by atoms with Gasteiger partial charge in [-0.3, -0.25) is 0 Å². The van der Waals surface area contributed by atoms with Gasteiger partial charge in [-0.2, -0.15) is 13.2 Å². The van der Waals surface area contributed by atoms with Crippen LogP contribution >= 0.6 is 34.8 Å². The summed E-state index contributed by atoms with van der Waals surface area (Å²) in [6.07, 6.45) is -3.02. The van der Waals surface area contributed by atoms with Gasteiger partial charge in [0.1, 0.15) is 11.2 Å². The highest BCUT2D eigenvalue weighted by Gasteiger charge is 2.59. The summed E-state index contributed by atoms with van der Waals surface area (Å²) < 4.78 is 42.0. The topological polar surface area (TPSA) is 16.1 Å². The molecule has 1 aliphatic rings. The summed E-state index contributed by atoms with van der Waals surface area (Å²) in [6.45, 7) is -0.0177. The molecule has 1 aliphatic heterocycles. The Labute approximate surface area is 152 Å². The molecule has 0 N–H and O–H groups in total. The highest BCUT2D eigenvalue weighted by atomic mass is 35.5. The van der Waals surface area contributed by atoms with E-state index >= 15 is 0 Å². The van der Waals surface area contributed by atoms with Crippen LogP contribution in [-0.2, 0) is 5.41 Å². The molecule has 2 heterocycles. The van der Waals surface area contributed by atoms with Gasteiger partial charge in [0.15, 0.2) is 0 Å². The summed E-state index contributed by atoms with van der Waals surface area (Å²) in [5.41, 5.74) is -2.05. The van der Waals surface area contributed by atoms with Crippen molar-refractivity contribution in [2.75, 3.05) is 18.0 Å². The molecule has 0 spiro atoms. The average Bonchev–Trinajstić information content (AvgIpc) is 2.99. The van der Waals surface area contributed by atoms with Gasteiger partial charge in [-0.05, 0) is 36.2 Å². The zero-order chi connectivity index (χ0) is 17.5. The second kappa shape index (κ2) is 6.28. The van der Waals surface area contributed by atoms with Crippen molar-refractivity contribution < 1.29 is 13.2 Å². The molecular weight excluding hydrogens is 384 g/mol. The van der Waals surface area contributed by atoms with E-state index in [1.807, 2.05) is 0 Å². The number of hydrogen-bond acceptors (Lipinski definition) is 2. The molecule has 0 bridgehead atoms. The fourth-order valence-corrected chi connectivity index (χ4v) is 3.60. The lowest BCUT2D eigenvalue weighted by molar-refractivity contribution is -0.184. The van der Waals surface area contributed by atoms with Crippen LogP contribution in [0.15, 0.2) is 36.5 Å². The highest BCUT2D eigenvalue weighted by Crippen LogP contribution is 2.50. The molecule has 0 amide bonds. The number of anilines is 1. The van der Waals surface area contributed by atoms with Gasteiger partial charge in [-0.1, -0.05) is 40.9 Å². The first-order valence-corrected chi connectivity index (χ1v) is 8.26. The minimum absolute atomic E-state index is 0.0130. The second-order valence-electron chi connectivity index (χ2n) is 5.69. The first kappa shape index (κ1) is 17.6. The van der Waals surface area contributed by atoms with E-state index in [9.17, 15) is 13.2 Å². The van der Waals surface area contributed by atoms with Gasteiger partial charge in [0.25, 0.3) is 0 Å². The van der Waals surface area contributed by atoms with Crippen molar-refractivity contribution in [1.82, 2.24) is 4.98 Å². The third kappa shape index (κ3) is 2.93. The van der Waals surface area contributed by atoms with Crippen molar-refractivity contribution in [2.45, 2.75) is 18.0 Å². The van der Waals surface area contributed by atoms with Gasteiger partial charge in [0.2, 0.25) is 0 Å². The minimum atomic E-state index is -4.46. The Morgan fingerprint density at radius 3 is 2.29 bits per heavy atom. The smallest absolute Gasteiger partial charge is 0.355 e. The molecule has 0 radical (unpaired) electrons. The Bertz CT molecular complexity index is 729. The Morgan fingerprint density at radius 2 is 1.75 bits per heavy atom. The molecule has 1 fully saturated rings. The van der Waals surface area contributed by atoms with Crippen LogP contribution < -0.4 is 4.90 Å². The molecule has 1 aromatic carbocycles. The van der Waals surface area contributed by atoms with Crippen LogP contribution in [0.2, 0.25) is 15.1 Å². The van der Waals surface area contributed by atoms with Crippen LogP contribution in [0, 0.1) is 0 Å². The molecule has 1 unspecified atom stereocenters. The van der Waals surface area contributed by atoms with Crippen molar-refractivity contribution in [2.24, 2.45) is 0 Å². The average molecular weight is 396 g/mol. The maximum atomic E-state index is 14.0. The number of benzene rings is 1. The van der Waals surface area contributed by atoms with Crippen molar-refractivity contribution in [3.05, 3.63) is 57.2 Å². The summed E-state index contributed by atoms with van der Waals surface area (Å²) in [6, 6.07) is 7.66. The zero-order valence-corrected chi connectivity index (χ0v) is 14.5. The summed E-state index contributed by atoms with van der Waals surface area (Å²) in [7, 11) is 0. The van der Waals surface area contributed by atoms with Gasteiger partial charge in [0.05, 0.1) is 15.1 Å². The molecule has 8 heteroatoms. The van der Waals surface area contributed by atoms with E-state index in [2.05, 4.69) is 4.98 Å². The third-order valence-corrected chi connectivity index (χ3v) is 5.52. The van der Waals surface area contributed by atoms with Gasteiger partial charge in [0, 0.05) is 19.3 Å². The van der Waals surface area contributed by atoms with E-state index in [4.69, 9.17) is 34.8 Å². The first-order valence-electron chi connectivity index (χ1n) is 7.12. The molecule has 1 aromatic heterocycles. The number of rotatable bonds is 2. The maximum Gasteiger partial charge on any atom is 0.400 e. The standard InChI is InChI=1S/C16H12Cl3F3N2/c17-11-7-10(8-12(18)14(11)19)15(16(20,21)22)4-6-24(9-15)13-3-1-2-5-23-13/h1-3,5,7-8H,4,6,9H2. The van der Waals surface area contributed by atoms with Crippen LogP contribution in [0.25, 0.3) is 0 Å². The van der Waals surface area contributed by atoms with E-state index in [-0.39, 0.29) is 40.1 Å². The van der Waals surface area contributed by atoms with Gasteiger partial charge in [-0.15, -0.1) is 0 Å². The fourth-order valence-electron chi connectivity index (χ4n) is 3.01. The molecule has 0 aliphatic carbocycles. The molecular formula is C16H12Cl3F3N2. The zero-order valence-electron chi connectivity index (χ0n) is 12.2. The third-order valence-electron chi connectivity index (χ3n) is 4.32. The molecule has 1 atom stereocenters. The number of halogens is 6. The van der Waals surface area contributed by atoms with E-state index in [0.29, 0.717) is 5.82 Å². The highest BCUT2D eigenvalue weighted by molar-refractivity contribution is 6.48. The van der Waals surface area contributed by atoms with Gasteiger partial charge >= 0.3 is 6.18 Å². The minimum Gasteiger partial charge on any atom is -0.355 e. The predicted octanol–water partition coefficient (Wildman–Crippen LogP) is 5.75. The summed E-state index contributed by atoms with van der Waals surface area (Å²) in [5, 5.41) is 0.0807. The maximum absolute atomic E-state index is 14.0. The van der Waals surface area contributed by atoms with Gasteiger partial charge in [-0.25, -0.2) is 4.98 Å². The van der Waals surface area contributed by atoms with Crippen LogP contribution in [0.1, 0.15) is 12.0 Å². The van der Waals surface area contributed by atoms with E-state index in [1.54, 1.807) is 29.3 Å². The lowest BCUT2D eigenvalue weighted by Gasteiger charge is -2.33. The van der Waals surface area contributed by atoms with E-state index in [0.717, 1.165) is 0 Å². The van der Waals surface area contributed by atoms with Crippen LogP contribution in [0.5, 0.6) is 0 Å². The first-order chi connectivity index (χ1) is 11.2. The number of alkyl halides is 3. The predicted molar refractivity (Wildman–Crippen MR) is 90.3 cm³/mol. The monoisotopic (exact) mass is 394 g/mol. The van der Waals surface area contributed by atoms with E-state index in [1.165, 1.54) is 12.1 Å². The number of pyridine rings is 1. The number of aromatic nitrogens is 1. The normalized spacial score (nSPS) is 21.3. The Balaban J connectivity index is 2.06. The van der Waals surface area contributed by atoms with Gasteiger partial charge < -0.3 is 4.90 Å². The second-order valence-corrected chi connectivity index (χ2v) is 6.89. The Hall–Kier alpha value is -1.17. The lowest BCUT2D eigenvalue weighted by atomic mass is 9.79. The van der Waals surface area contributed by atoms with Crippen LogP contribution in [0.3, 0.4) is 0 Å². The number of hydrogen-bond donors (Lipinski definition) is 0.